The molecule has 0 aliphatic carbocycles. The van der Waals surface area contributed by atoms with Gasteiger partial charge in [-0.25, -0.2) is 14.8 Å². The number of hydrogen-bond donors (Lipinski definition) is 1. The summed E-state index contributed by atoms with van der Waals surface area (Å²) in [7, 11) is 3.58. The van der Waals surface area contributed by atoms with Gasteiger partial charge in [-0.05, 0) is 20.8 Å². The Hall–Kier alpha value is -2.40. The number of nitrogens with zero attached hydrogens (tertiary/aromatic N) is 4. The van der Waals surface area contributed by atoms with E-state index in [1.807, 2.05) is 0 Å². The smallest absolute Gasteiger partial charge is 0.340 e. The molecule has 0 saturated carbocycles. The van der Waals surface area contributed by atoms with E-state index in [9.17, 15) is 9.90 Å². The maximum atomic E-state index is 12.0. The van der Waals surface area contributed by atoms with Crippen LogP contribution in [0, 0.1) is 6.57 Å². The number of ether oxygens (including phenoxy) is 1. The van der Waals surface area contributed by atoms with Gasteiger partial charge < -0.3 is 14.7 Å². The van der Waals surface area contributed by atoms with Crippen LogP contribution in [0.2, 0.25) is 0 Å². The summed E-state index contributed by atoms with van der Waals surface area (Å²) < 4.78 is 5.12. The first kappa shape index (κ1) is 17.7. The lowest BCUT2D eigenvalue weighted by Gasteiger charge is -2.19. The molecule has 118 valence electrons. The van der Waals surface area contributed by atoms with Crippen LogP contribution in [0.3, 0.4) is 0 Å². The van der Waals surface area contributed by atoms with E-state index in [0.717, 1.165) is 11.3 Å². The first-order valence-corrected chi connectivity index (χ1v) is 7.22. The van der Waals surface area contributed by atoms with Gasteiger partial charge in [0.05, 0.1) is 18.4 Å². The molecule has 0 unspecified atom stereocenters. The van der Waals surface area contributed by atoms with E-state index in [0.29, 0.717) is 0 Å². The minimum absolute atomic E-state index is 0.237. The Morgan fingerprint density at radius 1 is 1.55 bits per heavy atom. The number of aliphatic hydroxyl groups is 1. The van der Waals surface area contributed by atoms with Crippen molar-refractivity contribution in [2.75, 3.05) is 14.1 Å². The number of thiazole rings is 1. The van der Waals surface area contributed by atoms with Crippen molar-refractivity contribution < 1.29 is 14.6 Å². The van der Waals surface area contributed by atoms with Crippen molar-refractivity contribution in [3.05, 3.63) is 27.5 Å². The predicted molar refractivity (Wildman–Crippen MR) is 85.9 cm³/mol. The molecule has 0 amide bonds. The maximum absolute atomic E-state index is 12.0. The fraction of sp³-hybridized carbons (Fsp3) is 0.429. The number of aliphatic hydroxyl groups excluding tert-OH is 1. The van der Waals surface area contributed by atoms with E-state index >= 15 is 0 Å². The molecule has 0 aliphatic heterocycles. The van der Waals surface area contributed by atoms with Gasteiger partial charge in [-0.3, -0.25) is 4.79 Å². The van der Waals surface area contributed by atoms with Crippen LogP contribution in [0.25, 0.3) is 10.6 Å². The first-order valence-electron chi connectivity index (χ1n) is 6.34. The third-order valence-corrected chi connectivity index (χ3v) is 2.93. The average Bonchev–Trinajstić information content (AvgIpc) is 2.82. The van der Waals surface area contributed by atoms with E-state index in [2.05, 4.69) is 14.8 Å². The summed E-state index contributed by atoms with van der Waals surface area (Å²) in [6, 6.07) is 0. The summed E-state index contributed by atoms with van der Waals surface area (Å²) in [6.45, 7) is 12.2. The van der Waals surface area contributed by atoms with E-state index in [1.165, 1.54) is 11.8 Å². The third-order valence-electron chi connectivity index (χ3n) is 2.10. The molecule has 1 heterocycles. The summed E-state index contributed by atoms with van der Waals surface area (Å²) in [5, 5.41) is 10.2. The number of carbonyl (C=O) groups excluding carboxylic acids is 1. The highest BCUT2D eigenvalue weighted by Crippen LogP contribution is 2.31. The van der Waals surface area contributed by atoms with Crippen LogP contribution < -0.4 is 0 Å². The topological polar surface area (TPSA) is 79.4 Å². The van der Waals surface area contributed by atoms with Crippen LogP contribution in [-0.2, 0) is 9.53 Å². The number of carbonyl (C=O) groups is 1. The lowest BCUT2D eigenvalue weighted by Crippen LogP contribution is -2.24. The van der Waals surface area contributed by atoms with E-state index in [4.69, 9.17) is 11.3 Å². The highest BCUT2D eigenvalue weighted by Gasteiger charge is 2.26. The zero-order valence-corrected chi connectivity index (χ0v) is 13.9. The molecule has 1 aromatic rings. The lowest BCUT2D eigenvalue weighted by atomic mass is 10.2. The Morgan fingerprint density at radius 2 is 2.18 bits per heavy atom. The Kier molecular flexibility index (Phi) is 5.65. The molecule has 8 heteroatoms. The number of esters is 1. The number of aliphatic imine (C=N–C) groups is 1. The summed E-state index contributed by atoms with van der Waals surface area (Å²) in [5.74, 6) is -1.12. The Labute approximate surface area is 133 Å². The van der Waals surface area contributed by atoms with Gasteiger partial charge in [0.25, 0.3) is 0 Å². The van der Waals surface area contributed by atoms with Crippen molar-refractivity contribution in [2.24, 2.45) is 4.99 Å². The Morgan fingerprint density at radius 3 is 2.68 bits per heavy atom. The van der Waals surface area contributed by atoms with Crippen molar-refractivity contribution in [1.82, 2.24) is 9.88 Å². The zero-order valence-electron chi connectivity index (χ0n) is 13.1. The quantitative estimate of drug-likeness (QED) is 0.230. The Bertz CT molecular complexity index is 648. The molecule has 22 heavy (non-hydrogen) atoms. The predicted octanol–water partition coefficient (Wildman–Crippen LogP) is 2.85. The minimum Gasteiger partial charge on any atom is -0.517 e. The van der Waals surface area contributed by atoms with Crippen LogP contribution in [0.1, 0.15) is 25.6 Å². The number of hydrogen-bond acceptors (Lipinski definition) is 6. The third kappa shape index (κ3) is 4.86. The molecule has 0 spiro atoms. The van der Waals surface area contributed by atoms with Gasteiger partial charge in [0.15, 0.2) is 11.6 Å². The van der Waals surface area contributed by atoms with Crippen molar-refractivity contribution in [2.45, 2.75) is 26.4 Å². The highest BCUT2D eigenvalue weighted by atomic mass is 32.1. The van der Waals surface area contributed by atoms with E-state index in [-0.39, 0.29) is 10.7 Å². The van der Waals surface area contributed by atoms with Gasteiger partial charge in [0.1, 0.15) is 10.5 Å². The number of rotatable bonds is 4. The van der Waals surface area contributed by atoms with Crippen molar-refractivity contribution in [3.8, 4) is 0 Å². The van der Waals surface area contributed by atoms with Crippen LogP contribution in [0.4, 0.5) is 5.82 Å². The molecule has 1 aromatic heterocycles. The van der Waals surface area contributed by atoms with Gasteiger partial charge in [-0.1, -0.05) is 0 Å². The lowest BCUT2D eigenvalue weighted by molar-refractivity contribution is -0.149. The maximum Gasteiger partial charge on any atom is 0.340 e. The average molecular weight is 322 g/mol. The molecule has 0 fully saturated rings. The molecule has 0 bridgehead atoms. The summed E-state index contributed by atoms with van der Waals surface area (Å²) >= 11 is 1.09. The molecular formula is C14H18N4O3S. The minimum atomic E-state index is -0.879. The Balaban J connectivity index is 3.21. The summed E-state index contributed by atoms with van der Waals surface area (Å²) in [5.41, 5.74) is 0.234. The van der Waals surface area contributed by atoms with Crippen LogP contribution in [0.5, 0.6) is 0 Å². The molecule has 0 radical (unpaired) electrons. The van der Waals surface area contributed by atoms with Crippen LogP contribution in [-0.4, -0.2) is 47.0 Å². The van der Waals surface area contributed by atoms with Crippen molar-refractivity contribution in [3.63, 3.8) is 0 Å². The molecule has 0 saturated heterocycles. The fourth-order valence-corrected chi connectivity index (χ4v) is 1.97. The molecule has 7 nitrogen and oxygen atoms in total. The van der Waals surface area contributed by atoms with E-state index in [1.54, 1.807) is 39.8 Å². The first-order chi connectivity index (χ1) is 10.2. The SMILES string of the molecule is [C-]#[N+]/C(C(=O)OC(C)(C)C)=C(/O)c1scnc1/N=C/N(C)C. The van der Waals surface area contributed by atoms with Gasteiger partial charge in [-0.15, -0.1) is 11.3 Å². The fourth-order valence-electron chi connectivity index (χ4n) is 1.29. The monoisotopic (exact) mass is 322 g/mol. The van der Waals surface area contributed by atoms with Crippen LogP contribution in [0.15, 0.2) is 16.2 Å². The molecule has 1 rings (SSSR count). The normalized spacial score (nSPS) is 12.7. The summed E-state index contributed by atoms with van der Waals surface area (Å²) in [6.07, 6.45) is 1.51. The summed E-state index contributed by atoms with van der Waals surface area (Å²) in [4.78, 5) is 25.1. The molecule has 1 N–H and O–H groups in total. The highest BCUT2D eigenvalue weighted by molar-refractivity contribution is 7.11. The van der Waals surface area contributed by atoms with Gasteiger partial charge in [0.2, 0.25) is 0 Å². The van der Waals surface area contributed by atoms with Crippen LogP contribution >= 0.6 is 11.3 Å². The zero-order chi connectivity index (χ0) is 16.9. The second-order valence-electron chi connectivity index (χ2n) is 5.52. The molecule has 0 atom stereocenters. The van der Waals surface area contributed by atoms with E-state index < -0.39 is 23.0 Å². The second-order valence-corrected chi connectivity index (χ2v) is 6.38. The van der Waals surface area contributed by atoms with Gasteiger partial charge in [0, 0.05) is 14.1 Å². The van der Waals surface area contributed by atoms with Gasteiger partial charge in [-0.2, -0.15) is 0 Å². The van der Waals surface area contributed by atoms with Crippen molar-refractivity contribution in [1.29, 1.82) is 0 Å². The molecule has 0 aromatic carbocycles. The standard InChI is InChI=1S/C14H18N4O3S/c1-14(2,3)21-13(20)9(15-4)10(19)11-12(17-8-22-11)16-7-18(5)6/h7-8,19H,1-3,5-6H3/b10-9+,16-7+. The van der Waals surface area contributed by atoms with Gasteiger partial charge >= 0.3 is 11.7 Å². The number of aromatic nitrogens is 1. The molecule has 0 aliphatic rings. The van der Waals surface area contributed by atoms with Crippen molar-refractivity contribution >= 4 is 35.2 Å². The second kappa shape index (κ2) is 7.04. The molecular weight excluding hydrogens is 304 g/mol. The largest absolute Gasteiger partial charge is 0.517 e.